The van der Waals surface area contributed by atoms with Crippen LogP contribution in [0.15, 0.2) is 22.7 Å². The summed E-state index contributed by atoms with van der Waals surface area (Å²) in [7, 11) is 0. The average molecular weight is 328 g/mol. The molecule has 2 aromatic rings. The molecule has 0 saturated carbocycles. The summed E-state index contributed by atoms with van der Waals surface area (Å²) in [4.78, 5) is 20.7. The van der Waals surface area contributed by atoms with Crippen molar-refractivity contribution in [2.75, 3.05) is 0 Å². The van der Waals surface area contributed by atoms with Crippen molar-refractivity contribution in [2.45, 2.75) is 0 Å². The summed E-state index contributed by atoms with van der Waals surface area (Å²) in [5, 5.41) is 35.1. The molecule has 1 aromatic carbocycles. The quantitative estimate of drug-likeness (QED) is 0.585. The smallest absolute Gasteiger partial charge is 0.353 e. The van der Waals surface area contributed by atoms with Crippen LogP contribution < -0.4 is 0 Å². The number of aromatic hydroxyl groups is 1. The number of carboxylic acid groups (broad SMARTS) is 1. The van der Waals surface area contributed by atoms with Gasteiger partial charge in [-0.25, -0.2) is 4.79 Å². The second kappa shape index (κ2) is 4.69. The van der Waals surface area contributed by atoms with Crippen molar-refractivity contribution in [1.29, 1.82) is 0 Å². The van der Waals surface area contributed by atoms with Crippen molar-refractivity contribution in [3.05, 3.63) is 38.5 Å². The number of carboxylic acids is 1. The molecule has 0 aliphatic rings. The fourth-order valence-corrected chi connectivity index (χ4v) is 1.90. The van der Waals surface area contributed by atoms with Gasteiger partial charge in [0.05, 0.1) is 15.1 Å². The summed E-state index contributed by atoms with van der Waals surface area (Å²) < 4.78 is 0.122. The number of phenolic OH excluding ortho intramolecular Hbond substituents is 1. The second-order valence-electron chi connectivity index (χ2n) is 3.55. The molecule has 0 aliphatic heterocycles. The highest BCUT2D eigenvalue weighted by Crippen LogP contribution is 2.37. The van der Waals surface area contributed by atoms with E-state index in [2.05, 4.69) is 26.1 Å². The Hall–Kier alpha value is -2.42. The van der Waals surface area contributed by atoms with Gasteiger partial charge >= 0.3 is 11.7 Å². The summed E-state index contributed by atoms with van der Waals surface area (Å²) in [5.41, 5.74) is -0.104. The van der Waals surface area contributed by atoms with E-state index in [0.29, 0.717) is 5.56 Å². The fraction of sp³-hybridized carbons (Fsp3) is 0. The van der Waals surface area contributed by atoms with Crippen molar-refractivity contribution >= 4 is 27.6 Å². The number of nitro groups is 1. The molecule has 19 heavy (non-hydrogen) atoms. The Kier molecular flexibility index (Phi) is 3.21. The molecule has 8 nitrogen and oxygen atoms in total. The molecule has 0 radical (unpaired) electrons. The van der Waals surface area contributed by atoms with Gasteiger partial charge in [-0.3, -0.25) is 15.2 Å². The van der Waals surface area contributed by atoms with Crippen molar-refractivity contribution in [3.63, 3.8) is 0 Å². The predicted molar refractivity (Wildman–Crippen MR) is 67.0 cm³/mol. The third-order valence-electron chi connectivity index (χ3n) is 2.34. The number of nitro benzene ring substituents is 1. The van der Waals surface area contributed by atoms with Gasteiger partial charge in [-0.05, 0) is 28.1 Å². The second-order valence-corrected chi connectivity index (χ2v) is 4.41. The Labute approximate surface area is 114 Å². The lowest BCUT2D eigenvalue weighted by Gasteiger charge is -2.02. The van der Waals surface area contributed by atoms with E-state index in [4.69, 9.17) is 5.11 Å². The third kappa shape index (κ3) is 2.40. The lowest BCUT2D eigenvalue weighted by Crippen LogP contribution is -1.95. The molecule has 0 fully saturated rings. The number of hydrogen-bond acceptors (Lipinski definition) is 5. The average Bonchev–Trinajstić information content (AvgIpc) is 2.81. The molecule has 3 N–H and O–H groups in total. The van der Waals surface area contributed by atoms with Gasteiger partial charge in [-0.15, -0.1) is 0 Å². The van der Waals surface area contributed by atoms with Crippen LogP contribution in [0.3, 0.4) is 0 Å². The fourth-order valence-electron chi connectivity index (χ4n) is 1.45. The number of rotatable bonds is 3. The van der Waals surface area contributed by atoms with Gasteiger partial charge in [0, 0.05) is 11.6 Å². The number of carbonyl (C=O) groups is 1. The number of halogens is 1. The summed E-state index contributed by atoms with van der Waals surface area (Å²) in [6, 6.07) is 3.76. The molecule has 1 aromatic heterocycles. The van der Waals surface area contributed by atoms with Gasteiger partial charge < -0.3 is 10.2 Å². The largest absolute Gasteiger partial charge is 0.501 e. The highest BCUT2D eigenvalue weighted by Gasteiger charge is 2.20. The molecule has 0 atom stereocenters. The van der Waals surface area contributed by atoms with E-state index in [-0.39, 0.29) is 15.9 Å². The van der Waals surface area contributed by atoms with E-state index >= 15 is 0 Å². The van der Waals surface area contributed by atoms with Gasteiger partial charge in [0.15, 0.2) is 0 Å². The van der Waals surface area contributed by atoms with Crippen LogP contribution in [-0.2, 0) is 0 Å². The van der Waals surface area contributed by atoms with E-state index < -0.39 is 22.3 Å². The number of aromatic amines is 1. The van der Waals surface area contributed by atoms with E-state index in [1.54, 1.807) is 0 Å². The molecule has 0 saturated heterocycles. The first-order chi connectivity index (χ1) is 8.90. The van der Waals surface area contributed by atoms with Crippen LogP contribution in [0.4, 0.5) is 5.69 Å². The predicted octanol–water partition coefficient (Wildman–Crippen LogP) is 2.15. The Bertz CT molecular complexity index is 682. The maximum absolute atomic E-state index is 10.8. The van der Waals surface area contributed by atoms with Crippen molar-refractivity contribution in [1.82, 2.24) is 10.2 Å². The molecule has 0 spiro atoms. The molecule has 9 heteroatoms. The van der Waals surface area contributed by atoms with Crippen LogP contribution in [-0.4, -0.2) is 31.3 Å². The van der Waals surface area contributed by atoms with Gasteiger partial charge in [0.2, 0.25) is 5.75 Å². The van der Waals surface area contributed by atoms with E-state index in [0.717, 1.165) is 6.07 Å². The summed E-state index contributed by atoms with van der Waals surface area (Å²) in [6.07, 6.45) is 0. The summed E-state index contributed by atoms with van der Waals surface area (Å²) in [6.45, 7) is 0. The van der Waals surface area contributed by atoms with E-state index in [1.165, 1.54) is 12.1 Å². The number of aromatic carboxylic acids is 1. The lowest BCUT2D eigenvalue weighted by atomic mass is 10.1. The molecule has 0 unspecified atom stereocenters. The number of H-pyrrole nitrogens is 1. The summed E-state index contributed by atoms with van der Waals surface area (Å²) in [5.74, 6) is -1.69. The van der Waals surface area contributed by atoms with Gasteiger partial charge in [-0.2, -0.15) is 5.10 Å². The van der Waals surface area contributed by atoms with Gasteiger partial charge in [-0.1, -0.05) is 0 Å². The third-order valence-corrected chi connectivity index (χ3v) is 2.95. The molecule has 98 valence electrons. The Morgan fingerprint density at radius 2 is 2.11 bits per heavy atom. The molecule has 0 aliphatic carbocycles. The molecule has 0 bridgehead atoms. The molecule has 1 heterocycles. The zero-order chi connectivity index (χ0) is 14.2. The summed E-state index contributed by atoms with van der Waals surface area (Å²) >= 11 is 2.99. The topological polar surface area (TPSA) is 129 Å². The number of hydrogen-bond donors (Lipinski definition) is 3. The lowest BCUT2D eigenvalue weighted by molar-refractivity contribution is -0.385. The highest BCUT2D eigenvalue weighted by atomic mass is 79.9. The minimum Gasteiger partial charge on any atom is -0.501 e. The highest BCUT2D eigenvalue weighted by molar-refractivity contribution is 9.10. The van der Waals surface area contributed by atoms with Gasteiger partial charge in [0.25, 0.3) is 0 Å². The van der Waals surface area contributed by atoms with Crippen LogP contribution in [0.1, 0.15) is 10.5 Å². The first-order valence-corrected chi connectivity index (χ1v) is 5.65. The molecular formula is C10H6BrN3O5. The van der Waals surface area contributed by atoms with Crippen molar-refractivity contribution < 1.29 is 19.9 Å². The number of phenols is 1. The van der Waals surface area contributed by atoms with E-state index in [1.807, 2.05) is 0 Å². The van der Waals surface area contributed by atoms with E-state index in [9.17, 15) is 20.0 Å². The number of aromatic nitrogens is 2. The van der Waals surface area contributed by atoms with Crippen LogP contribution in [0.2, 0.25) is 0 Å². The maximum Gasteiger partial charge on any atom is 0.353 e. The van der Waals surface area contributed by atoms with Crippen molar-refractivity contribution in [2.24, 2.45) is 0 Å². The minimum absolute atomic E-state index is 0.122. The van der Waals surface area contributed by atoms with Crippen LogP contribution >= 0.6 is 15.9 Å². The van der Waals surface area contributed by atoms with Crippen LogP contribution in [0.25, 0.3) is 11.3 Å². The molecule has 2 rings (SSSR count). The molecule has 0 amide bonds. The van der Waals surface area contributed by atoms with Gasteiger partial charge in [0.1, 0.15) is 5.69 Å². The molecular weight excluding hydrogens is 322 g/mol. The Morgan fingerprint density at radius 3 is 2.63 bits per heavy atom. The minimum atomic E-state index is -1.19. The number of nitrogens with one attached hydrogen (secondary N) is 1. The Morgan fingerprint density at radius 1 is 1.42 bits per heavy atom. The number of nitrogens with zero attached hydrogens (tertiary/aromatic N) is 2. The SMILES string of the molecule is O=C(O)c1cc(-c2cc(Br)c(O)c([N+](=O)[O-])c2)n[nH]1. The Balaban J connectivity index is 2.56. The van der Waals surface area contributed by atoms with Crippen LogP contribution in [0, 0.1) is 10.1 Å². The zero-order valence-electron chi connectivity index (χ0n) is 9.12. The monoisotopic (exact) mass is 327 g/mol. The zero-order valence-corrected chi connectivity index (χ0v) is 10.7. The first kappa shape index (κ1) is 13.0. The maximum atomic E-state index is 10.8. The van der Waals surface area contributed by atoms with Crippen molar-refractivity contribution in [3.8, 4) is 17.0 Å². The first-order valence-electron chi connectivity index (χ1n) is 4.86. The number of benzene rings is 1. The van der Waals surface area contributed by atoms with Crippen LogP contribution in [0.5, 0.6) is 5.75 Å². The normalized spacial score (nSPS) is 10.4. The standard InChI is InChI=1S/C10H6BrN3O5/c11-5-1-4(2-8(9(5)15)14(18)19)6-3-7(10(16)17)13-12-6/h1-3,15H,(H,12,13)(H,16,17).